The molecule has 0 fully saturated rings. The lowest BCUT2D eigenvalue weighted by atomic mass is 10.1. The summed E-state index contributed by atoms with van der Waals surface area (Å²) in [5.74, 6) is 1.19. The van der Waals surface area contributed by atoms with Crippen molar-refractivity contribution in [2.75, 3.05) is 6.61 Å². The van der Waals surface area contributed by atoms with Crippen molar-refractivity contribution in [2.24, 2.45) is 0 Å². The molecule has 3 rings (SSSR count). The normalized spacial score (nSPS) is 11.9. The first-order chi connectivity index (χ1) is 14.5. The summed E-state index contributed by atoms with van der Waals surface area (Å²) in [4.78, 5) is 0. The molecular weight excluding hydrogens is 441 g/mol. The second kappa shape index (κ2) is 10.9. The zero-order valence-electron chi connectivity index (χ0n) is 16.9. The molecule has 1 unspecified atom stereocenters. The van der Waals surface area contributed by atoms with Gasteiger partial charge in [-0.25, -0.2) is 0 Å². The molecule has 0 amide bonds. The fraction of sp³-hybridized carbons (Fsp3) is 0.250. The van der Waals surface area contributed by atoms with Gasteiger partial charge >= 0.3 is 0 Å². The van der Waals surface area contributed by atoms with E-state index in [0.717, 1.165) is 11.1 Å². The molecule has 1 N–H and O–H groups in total. The molecule has 30 heavy (non-hydrogen) atoms. The highest BCUT2D eigenvalue weighted by Crippen LogP contribution is 2.35. The van der Waals surface area contributed by atoms with Gasteiger partial charge in [0.25, 0.3) is 0 Å². The molecule has 0 spiro atoms. The SMILES string of the molecule is CCOc1cc(CNC(C)c2ccccc2)c(Cl)cc1OCc1c(Cl)cccc1Cl. The number of nitrogens with one attached hydrogen (secondary N) is 1. The largest absolute Gasteiger partial charge is 0.490 e. The van der Waals surface area contributed by atoms with E-state index in [4.69, 9.17) is 44.3 Å². The molecule has 0 radical (unpaired) electrons. The van der Waals surface area contributed by atoms with Crippen LogP contribution >= 0.6 is 34.8 Å². The number of hydrogen-bond acceptors (Lipinski definition) is 3. The van der Waals surface area contributed by atoms with E-state index in [2.05, 4.69) is 24.4 Å². The summed E-state index contributed by atoms with van der Waals surface area (Å²) in [5.41, 5.74) is 2.88. The molecule has 1 atom stereocenters. The van der Waals surface area contributed by atoms with Gasteiger partial charge in [-0.2, -0.15) is 0 Å². The second-order valence-corrected chi connectivity index (χ2v) is 8.05. The summed E-state index contributed by atoms with van der Waals surface area (Å²) in [6, 6.07) is 19.5. The molecule has 0 aliphatic carbocycles. The van der Waals surface area contributed by atoms with Crippen LogP contribution in [0, 0.1) is 0 Å². The summed E-state index contributed by atoms with van der Waals surface area (Å²) >= 11 is 19.0. The quantitative estimate of drug-likeness (QED) is 0.356. The molecule has 0 aliphatic rings. The minimum Gasteiger partial charge on any atom is -0.490 e. The molecule has 158 valence electrons. The maximum absolute atomic E-state index is 6.55. The summed E-state index contributed by atoms with van der Waals surface area (Å²) in [6.07, 6.45) is 0. The summed E-state index contributed by atoms with van der Waals surface area (Å²) < 4.78 is 11.8. The monoisotopic (exact) mass is 463 g/mol. The maximum atomic E-state index is 6.55. The number of hydrogen-bond donors (Lipinski definition) is 1. The highest BCUT2D eigenvalue weighted by atomic mass is 35.5. The molecule has 3 aromatic rings. The zero-order valence-corrected chi connectivity index (χ0v) is 19.2. The lowest BCUT2D eigenvalue weighted by Crippen LogP contribution is -2.18. The van der Waals surface area contributed by atoms with Crippen LogP contribution in [0.3, 0.4) is 0 Å². The Morgan fingerprint density at radius 1 is 0.833 bits per heavy atom. The predicted octanol–water partition coefficient (Wildman–Crippen LogP) is 7.48. The van der Waals surface area contributed by atoms with Gasteiger partial charge in [0.2, 0.25) is 0 Å². The number of benzene rings is 3. The molecular formula is C24H24Cl3NO2. The lowest BCUT2D eigenvalue weighted by Gasteiger charge is -2.18. The Morgan fingerprint density at radius 2 is 1.50 bits per heavy atom. The van der Waals surface area contributed by atoms with E-state index in [9.17, 15) is 0 Å². The number of halogens is 3. The third kappa shape index (κ3) is 5.83. The van der Waals surface area contributed by atoms with E-state index in [1.165, 1.54) is 5.56 Å². The van der Waals surface area contributed by atoms with Gasteiger partial charge in [0.1, 0.15) is 6.61 Å². The first kappa shape index (κ1) is 22.8. The van der Waals surface area contributed by atoms with Gasteiger partial charge in [-0.15, -0.1) is 0 Å². The van der Waals surface area contributed by atoms with Crippen molar-refractivity contribution in [3.63, 3.8) is 0 Å². The van der Waals surface area contributed by atoms with Crippen LogP contribution in [0.15, 0.2) is 60.7 Å². The van der Waals surface area contributed by atoms with Crippen LogP contribution in [0.4, 0.5) is 0 Å². The third-order valence-corrected chi connectivity index (χ3v) is 5.80. The minimum absolute atomic E-state index is 0.191. The van der Waals surface area contributed by atoms with Gasteiger partial charge in [0.15, 0.2) is 11.5 Å². The average molecular weight is 465 g/mol. The molecule has 0 bridgehead atoms. The number of rotatable bonds is 9. The minimum atomic E-state index is 0.191. The van der Waals surface area contributed by atoms with E-state index >= 15 is 0 Å². The molecule has 0 saturated carbocycles. The smallest absolute Gasteiger partial charge is 0.163 e. The summed E-state index contributed by atoms with van der Waals surface area (Å²) in [7, 11) is 0. The van der Waals surface area contributed by atoms with E-state index in [1.807, 2.05) is 31.2 Å². The fourth-order valence-corrected chi connectivity index (χ4v) is 3.76. The summed E-state index contributed by atoms with van der Waals surface area (Å²) in [5, 5.41) is 5.22. The predicted molar refractivity (Wildman–Crippen MR) is 125 cm³/mol. The van der Waals surface area contributed by atoms with Crippen LogP contribution in [0.1, 0.15) is 36.6 Å². The standard InChI is InChI=1S/C24H24Cl3NO2/c1-3-29-23-12-18(14-28-16(2)17-8-5-4-6-9-17)22(27)13-24(23)30-15-19-20(25)10-7-11-21(19)26/h4-13,16,28H,3,14-15H2,1-2H3. The molecule has 6 heteroatoms. The van der Waals surface area contributed by atoms with Crippen LogP contribution < -0.4 is 14.8 Å². The van der Waals surface area contributed by atoms with Crippen LogP contribution in [-0.2, 0) is 13.2 Å². The highest BCUT2D eigenvalue weighted by Gasteiger charge is 2.14. The Kier molecular flexibility index (Phi) is 8.29. The van der Waals surface area contributed by atoms with Gasteiger partial charge in [-0.05, 0) is 43.2 Å². The van der Waals surface area contributed by atoms with Crippen molar-refractivity contribution in [1.29, 1.82) is 0 Å². The van der Waals surface area contributed by atoms with Gasteiger partial charge in [-0.3, -0.25) is 0 Å². The Morgan fingerprint density at radius 3 is 2.17 bits per heavy atom. The first-order valence-corrected chi connectivity index (χ1v) is 10.9. The summed E-state index contributed by atoms with van der Waals surface area (Å²) in [6.45, 7) is 5.39. The molecule has 0 saturated heterocycles. The molecule has 0 heterocycles. The second-order valence-electron chi connectivity index (χ2n) is 6.83. The highest BCUT2D eigenvalue weighted by molar-refractivity contribution is 6.36. The van der Waals surface area contributed by atoms with Gasteiger partial charge in [-0.1, -0.05) is 71.2 Å². The van der Waals surface area contributed by atoms with E-state index in [-0.39, 0.29) is 12.6 Å². The van der Waals surface area contributed by atoms with Crippen LogP contribution in [0.25, 0.3) is 0 Å². The Labute approximate surface area is 192 Å². The lowest BCUT2D eigenvalue weighted by molar-refractivity contribution is 0.269. The van der Waals surface area contributed by atoms with Crippen molar-refractivity contribution in [3.05, 3.63) is 92.4 Å². The van der Waals surface area contributed by atoms with Gasteiger partial charge in [0.05, 0.1) is 6.61 Å². The van der Waals surface area contributed by atoms with Crippen LogP contribution in [-0.4, -0.2) is 6.61 Å². The maximum Gasteiger partial charge on any atom is 0.163 e. The van der Waals surface area contributed by atoms with Gasteiger partial charge in [0, 0.05) is 39.3 Å². The van der Waals surface area contributed by atoms with E-state index < -0.39 is 0 Å². The average Bonchev–Trinajstić information content (AvgIpc) is 2.74. The molecule has 3 nitrogen and oxygen atoms in total. The van der Waals surface area contributed by atoms with Crippen molar-refractivity contribution in [2.45, 2.75) is 33.0 Å². The van der Waals surface area contributed by atoms with Crippen molar-refractivity contribution < 1.29 is 9.47 Å². The van der Waals surface area contributed by atoms with Crippen molar-refractivity contribution in [1.82, 2.24) is 5.32 Å². The third-order valence-electron chi connectivity index (χ3n) is 4.74. The Hall–Kier alpha value is -1.91. The Bertz CT molecular complexity index is 959. The molecule has 3 aromatic carbocycles. The van der Waals surface area contributed by atoms with Crippen LogP contribution in [0.2, 0.25) is 15.1 Å². The first-order valence-electron chi connectivity index (χ1n) is 9.78. The Balaban J connectivity index is 1.75. The number of ether oxygens (including phenoxy) is 2. The van der Waals surface area contributed by atoms with Gasteiger partial charge < -0.3 is 14.8 Å². The van der Waals surface area contributed by atoms with Crippen molar-refractivity contribution >= 4 is 34.8 Å². The fourth-order valence-electron chi connectivity index (χ4n) is 3.04. The zero-order chi connectivity index (χ0) is 21.5. The van der Waals surface area contributed by atoms with E-state index in [1.54, 1.807) is 24.3 Å². The molecule has 0 aliphatic heterocycles. The van der Waals surface area contributed by atoms with Crippen molar-refractivity contribution in [3.8, 4) is 11.5 Å². The topological polar surface area (TPSA) is 30.5 Å². The van der Waals surface area contributed by atoms with E-state index in [0.29, 0.717) is 39.7 Å². The molecule has 0 aromatic heterocycles. The van der Waals surface area contributed by atoms with Crippen LogP contribution in [0.5, 0.6) is 11.5 Å².